The number of benzene rings is 1. The molecule has 2 aromatic rings. The summed E-state index contributed by atoms with van der Waals surface area (Å²) in [4.78, 5) is 50.0. The van der Waals surface area contributed by atoms with Crippen LogP contribution >= 0.6 is 0 Å². The van der Waals surface area contributed by atoms with Gasteiger partial charge in [0.1, 0.15) is 11.9 Å². The molecule has 0 aliphatic rings. The molecule has 0 fully saturated rings. The number of amides is 1. The van der Waals surface area contributed by atoms with Crippen molar-refractivity contribution < 1.29 is 19.1 Å². The van der Waals surface area contributed by atoms with E-state index in [1.165, 1.54) is 24.3 Å². The first-order chi connectivity index (χ1) is 13.3. The van der Waals surface area contributed by atoms with E-state index in [-0.39, 0.29) is 17.0 Å². The van der Waals surface area contributed by atoms with Crippen LogP contribution in [0.15, 0.2) is 40.1 Å². The minimum atomic E-state index is -1.38. The molecule has 0 spiro atoms. The second kappa shape index (κ2) is 9.12. The summed E-state index contributed by atoms with van der Waals surface area (Å²) >= 11 is 0. The Kier molecular flexibility index (Phi) is 6.86. The number of aromatic nitrogens is 2. The monoisotopic (exact) mass is 391 g/mol. The smallest absolute Gasteiger partial charge is 0.328 e. The normalized spacial score (nSPS) is 12.0. The van der Waals surface area contributed by atoms with Gasteiger partial charge in [-0.15, -0.1) is 0 Å². The summed E-state index contributed by atoms with van der Waals surface area (Å²) in [5.74, 6) is -2.76. The van der Waals surface area contributed by atoms with Crippen molar-refractivity contribution in [1.29, 1.82) is 0 Å². The summed E-state index contributed by atoms with van der Waals surface area (Å²) in [7, 11) is 0. The maximum Gasteiger partial charge on any atom is 0.328 e. The molecule has 0 aliphatic carbocycles. The number of halogens is 1. The second-order valence-electron chi connectivity index (χ2n) is 6.35. The highest BCUT2D eigenvalue weighted by molar-refractivity contribution is 5.84. The molecule has 0 aliphatic heterocycles. The Morgan fingerprint density at radius 3 is 2.39 bits per heavy atom. The molecule has 150 valence electrons. The molecule has 0 bridgehead atoms. The molecule has 0 unspecified atom stereocenters. The summed E-state index contributed by atoms with van der Waals surface area (Å²) in [5.41, 5.74) is -1.79. The fourth-order valence-electron chi connectivity index (χ4n) is 2.85. The van der Waals surface area contributed by atoms with E-state index in [1.807, 2.05) is 13.8 Å². The molecule has 28 heavy (non-hydrogen) atoms. The molecule has 0 saturated carbocycles. The van der Waals surface area contributed by atoms with Crippen molar-refractivity contribution in [3.63, 3.8) is 0 Å². The van der Waals surface area contributed by atoms with Gasteiger partial charge in [0.25, 0.3) is 5.56 Å². The lowest BCUT2D eigenvalue weighted by atomic mass is 10.0. The summed E-state index contributed by atoms with van der Waals surface area (Å²) in [6.45, 7) is 3.21. The number of rotatable bonds is 8. The number of nitrogens with one attached hydrogen (secondary N) is 2. The zero-order valence-electron chi connectivity index (χ0n) is 15.6. The molecule has 8 nitrogen and oxygen atoms in total. The lowest BCUT2D eigenvalue weighted by Gasteiger charge is -2.19. The van der Waals surface area contributed by atoms with E-state index in [0.717, 1.165) is 10.8 Å². The molecule has 0 radical (unpaired) electrons. The summed E-state index contributed by atoms with van der Waals surface area (Å²) in [5, 5.41) is 11.8. The van der Waals surface area contributed by atoms with Crippen molar-refractivity contribution in [1.82, 2.24) is 14.9 Å². The van der Waals surface area contributed by atoms with Gasteiger partial charge in [-0.2, -0.15) is 0 Å². The number of H-pyrrole nitrogens is 1. The van der Waals surface area contributed by atoms with Crippen LogP contribution in [0.2, 0.25) is 0 Å². The van der Waals surface area contributed by atoms with Crippen LogP contribution in [-0.2, 0) is 16.1 Å². The van der Waals surface area contributed by atoms with Crippen molar-refractivity contribution in [2.45, 2.75) is 39.3 Å². The molecule has 1 atom stereocenters. The minimum Gasteiger partial charge on any atom is -0.480 e. The number of carboxylic acid groups (broad SMARTS) is 1. The van der Waals surface area contributed by atoms with Crippen LogP contribution in [0.25, 0.3) is 11.1 Å². The van der Waals surface area contributed by atoms with Crippen LogP contribution < -0.4 is 16.6 Å². The zero-order valence-corrected chi connectivity index (χ0v) is 15.6. The Morgan fingerprint density at radius 1 is 1.18 bits per heavy atom. The third-order valence-electron chi connectivity index (χ3n) is 4.53. The largest absolute Gasteiger partial charge is 0.480 e. The summed E-state index contributed by atoms with van der Waals surface area (Å²) < 4.78 is 15.0. The van der Waals surface area contributed by atoms with Crippen molar-refractivity contribution in [2.24, 2.45) is 5.92 Å². The van der Waals surface area contributed by atoms with Crippen LogP contribution in [0, 0.1) is 11.7 Å². The third-order valence-corrected chi connectivity index (χ3v) is 4.53. The quantitative estimate of drug-likeness (QED) is 0.627. The van der Waals surface area contributed by atoms with Crippen molar-refractivity contribution >= 4 is 11.9 Å². The van der Waals surface area contributed by atoms with E-state index in [4.69, 9.17) is 0 Å². The molecule has 2 rings (SSSR count). The van der Waals surface area contributed by atoms with Gasteiger partial charge < -0.3 is 10.4 Å². The van der Waals surface area contributed by atoms with Gasteiger partial charge in [0.15, 0.2) is 0 Å². The van der Waals surface area contributed by atoms with Crippen LogP contribution in [0.4, 0.5) is 4.39 Å². The van der Waals surface area contributed by atoms with Crippen molar-refractivity contribution in [2.75, 3.05) is 0 Å². The van der Waals surface area contributed by atoms with Gasteiger partial charge in [0, 0.05) is 17.7 Å². The van der Waals surface area contributed by atoms with Gasteiger partial charge in [0.2, 0.25) is 5.91 Å². The Morgan fingerprint density at radius 2 is 1.82 bits per heavy atom. The molecule has 3 N–H and O–H groups in total. The minimum absolute atomic E-state index is 0.0227. The van der Waals surface area contributed by atoms with E-state index in [1.54, 1.807) is 0 Å². The van der Waals surface area contributed by atoms with E-state index < -0.39 is 41.5 Å². The van der Waals surface area contributed by atoms with Crippen molar-refractivity contribution in [3.05, 3.63) is 57.1 Å². The predicted octanol–water partition coefficient (Wildman–Crippen LogP) is 1.35. The topological polar surface area (TPSA) is 121 Å². The molecule has 1 amide bonds. The average Bonchev–Trinajstić information content (AvgIpc) is 2.64. The lowest BCUT2D eigenvalue weighted by molar-refractivity contribution is -0.143. The number of hydrogen-bond donors (Lipinski definition) is 3. The molecule has 1 aromatic carbocycles. The zero-order chi connectivity index (χ0) is 20.8. The highest BCUT2D eigenvalue weighted by Gasteiger charge is 2.25. The van der Waals surface area contributed by atoms with Gasteiger partial charge in [-0.1, -0.05) is 32.0 Å². The van der Waals surface area contributed by atoms with E-state index in [9.17, 15) is 28.7 Å². The predicted molar refractivity (Wildman–Crippen MR) is 100 cm³/mol. The van der Waals surface area contributed by atoms with Crippen LogP contribution in [0.1, 0.15) is 26.7 Å². The Labute approximate surface area is 160 Å². The second-order valence-corrected chi connectivity index (χ2v) is 6.35. The maximum absolute atomic E-state index is 14.0. The molecule has 1 aromatic heterocycles. The van der Waals surface area contributed by atoms with Gasteiger partial charge in [0.05, 0.1) is 12.1 Å². The van der Waals surface area contributed by atoms with Crippen LogP contribution in [0.5, 0.6) is 0 Å². The van der Waals surface area contributed by atoms with E-state index >= 15 is 0 Å². The highest BCUT2D eigenvalue weighted by atomic mass is 19.1. The van der Waals surface area contributed by atoms with E-state index in [0.29, 0.717) is 12.8 Å². The summed E-state index contributed by atoms with van der Waals surface area (Å²) in [6, 6.07) is 4.14. The fraction of sp³-hybridized carbons (Fsp3) is 0.368. The molecule has 0 saturated heterocycles. The first-order valence-electron chi connectivity index (χ1n) is 8.90. The molecule has 1 heterocycles. The first kappa shape index (κ1) is 21.1. The van der Waals surface area contributed by atoms with Crippen LogP contribution in [0.3, 0.4) is 0 Å². The SMILES string of the molecule is CCC(CC)C(=O)N[C@@H](Cn1cc(-c2ccccc2F)c(=O)[nH]c1=O)C(=O)O. The average molecular weight is 391 g/mol. The van der Waals surface area contributed by atoms with Gasteiger partial charge in [-0.3, -0.25) is 19.1 Å². The molecule has 9 heteroatoms. The Hall–Kier alpha value is -3.23. The number of carbonyl (C=O) groups excluding carboxylic acids is 1. The maximum atomic E-state index is 14.0. The Bertz CT molecular complexity index is 978. The van der Waals surface area contributed by atoms with Gasteiger partial charge >= 0.3 is 11.7 Å². The molecular weight excluding hydrogens is 369 g/mol. The van der Waals surface area contributed by atoms with Crippen molar-refractivity contribution in [3.8, 4) is 11.1 Å². The first-order valence-corrected chi connectivity index (χ1v) is 8.90. The number of aromatic amines is 1. The van der Waals surface area contributed by atoms with Gasteiger partial charge in [-0.25, -0.2) is 14.0 Å². The summed E-state index contributed by atoms with van der Waals surface area (Å²) in [6.07, 6.45) is 2.19. The lowest BCUT2D eigenvalue weighted by Crippen LogP contribution is -2.48. The number of carbonyl (C=O) groups is 2. The number of nitrogens with zero attached hydrogens (tertiary/aromatic N) is 1. The van der Waals surface area contributed by atoms with Crippen LogP contribution in [-0.4, -0.2) is 32.6 Å². The van der Waals surface area contributed by atoms with E-state index in [2.05, 4.69) is 10.3 Å². The fourth-order valence-corrected chi connectivity index (χ4v) is 2.85. The number of hydrogen-bond acceptors (Lipinski definition) is 4. The third kappa shape index (κ3) is 4.73. The Balaban J connectivity index is 2.38. The van der Waals surface area contributed by atoms with Gasteiger partial charge in [-0.05, 0) is 18.9 Å². The number of aliphatic carboxylic acids is 1. The number of carboxylic acids is 1. The standard InChI is InChI=1S/C19H22FN3O5/c1-3-11(4-2)16(24)21-15(18(26)27)10-23-9-13(17(25)22-19(23)28)12-7-5-6-8-14(12)20/h5-9,11,15H,3-4,10H2,1-2H3,(H,21,24)(H,26,27)(H,22,25,28)/t15-/m0/s1. The highest BCUT2D eigenvalue weighted by Crippen LogP contribution is 2.18. The molecular formula is C19H22FN3O5.